The second kappa shape index (κ2) is 11.0. The van der Waals surface area contributed by atoms with Crippen LogP contribution in [0, 0.1) is 0 Å². The molecule has 176 valence electrons. The van der Waals surface area contributed by atoms with E-state index in [2.05, 4.69) is 22.8 Å². The Morgan fingerprint density at radius 2 is 1.58 bits per heavy atom. The van der Waals surface area contributed by atoms with E-state index in [0.717, 1.165) is 22.3 Å². The summed E-state index contributed by atoms with van der Waals surface area (Å²) >= 11 is 0. The monoisotopic (exact) mass is 454 g/mol. The molecule has 0 radical (unpaired) electrons. The number of hydrogen-bond acceptors (Lipinski definition) is 5. The smallest absolute Gasteiger partial charge is 0.407 e. The van der Waals surface area contributed by atoms with E-state index in [1.807, 2.05) is 43.3 Å². The number of ether oxygens (including phenoxy) is 1. The molecule has 2 aromatic rings. The number of benzene rings is 2. The van der Waals surface area contributed by atoms with Crippen molar-refractivity contribution in [1.29, 1.82) is 0 Å². The number of carboxylic acid groups (broad SMARTS) is 1. The van der Waals surface area contributed by atoms with Gasteiger partial charge in [-0.2, -0.15) is 0 Å². The Hall–Kier alpha value is -3.39. The lowest BCUT2D eigenvalue weighted by molar-refractivity contribution is -0.144. The summed E-state index contributed by atoms with van der Waals surface area (Å²) in [7, 11) is 0. The molecular weight excluding hydrogens is 424 g/mol. The summed E-state index contributed by atoms with van der Waals surface area (Å²) in [6.07, 6.45) is -0.765. The molecule has 1 aliphatic carbocycles. The van der Waals surface area contributed by atoms with Gasteiger partial charge < -0.3 is 25.6 Å². The van der Waals surface area contributed by atoms with Crippen molar-refractivity contribution >= 4 is 18.0 Å². The zero-order valence-corrected chi connectivity index (χ0v) is 18.8. The predicted octanol–water partition coefficient (Wildman–Crippen LogP) is 3.03. The highest BCUT2D eigenvalue weighted by Crippen LogP contribution is 2.44. The van der Waals surface area contributed by atoms with Crippen molar-refractivity contribution < 1.29 is 29.3 Å². The Balaban J connectivity index is 1.59. The first-order chi connectivity index (χ1) is 15.8. The molecule has 2 amide bonds. The van der Waals surface area contributed by atoms with Crippen LogP contribution in [0.1, 0.15) is 50.2 Å². The molecule has 3 atom stereocenters. The van der Waals surface area contributed by atoms with Crippen molar-refractivity contribution in [2.75, 3.05) is 6.61 Å². The van der Waals surface area contributed by atoms with Gasteiger partial charge in [-0.3, -0.25) is 4.79 Å². The van der Waals surface area contributed by atoms with E-state index < -0.39 is 36.2 Å². The number of amides is 2. The molecule has 0 heterocycles. The number of aliphatic hydroxyl groups excluding tert-OH is 1. The van der Waals surface area contributed by atoms with Crippen molar-refractivity contribution in [2.24, 2.45) is 0 Å². The highest BCUT2D eigenvalue weighted by Gasteiger charge is 2.30. The molecule has 4 N–H and O–H groups in total. The molecule has 0 aromatic heterocycles. The molecule has 0 saturated carbocycles. The average Bonchev–Trinajstić information content (AvgIpc) is 3.09. The van der Waals surface area contributed by atoms with Crippen molar-refractivity contribution in [2.45, 2.75) is 57.2 Å². The maximum absolute atomic E-state index is 12.5. The van der Waals surface area contributed by atoms with Gasteiger partial charge in [0.1, 0.15) is 6.61 Å². The predicted molar refractivity (Wildman–Crippen MR) is 123 cm³/mol. The number of hydrogen-bond donors (Lipinski definition) is 4. The van der Waals surface area contributed by atoms with E-state index in [1.54, 1.807) is 0 Å². The van der Waals surface area contributed by atoms with Gasteiger partial charge in [0, 0.05) is 18.4 Å². The van der Waals surface area contributed by atoms with Crippen molar-refractivity contribution in [3.05, 3.63) is 59.7 Å². The third-order valence-corrected chi connectivity index (χ3v) is 5.80. The molecule has 0 aliphatic heterocycles. The Morgan fingerprint density at radius 3 is 2.09 bits per heavy atom. The topological polar surface area (TPSA) is 125 Å². The lowest BCUT2D eigenvalue weighted by Gasteiger charge is -2.21. The summed E-state index contributed by atoms with van der Waals surface area (Å²) < 4.78 is 5.54. The third kappa shape index (κ3) is 5.90. The summed E-state index contributed by atoms with van der Waals surface area (Å²) in [5.74, 6) is -1.96. The molecule has 33 heavy (non-hydrogen) atoms. The average molecular weight is 455 g/mol. The number of rotatable bonds is 10. The Bertz CT molecular complexity index is 960. The van der Waals surface area contributed by atoms with Crippen molar-refractivity contribution in [3.63, 3.8) is 0 Å². The first-order valence-electron chi connectivity index (χ1n) is 11.1. The fourth-order valence-corrected chi connectivity index (χ4v) is 4.23. The van der Waals surface area contributed by atoms with Crippen LogP contribution in [0.5, 0.6) is 0 Å². The van der Waals surface area contributed by atoms with Gasteiger partial charge in [-0.05, 0) is 35.6 Å². The first-order valence-corrected chi connectivity index (χ1v) is 11.1. The fourth-order valence-electron chi connectivity index (χ4n) is 4.23. The number of carbonyl (C=O) groups is 3. The molecule has 2 aromatic carbocycles. The minimum Gasteiger partial charge on any atom is -0.480 e. The molecule has 0 saturated heterocycles. The van der Waals surface area contributed by atoms with Gasteiger partial charge in [-0.1, -0.05) is 61.9 Å². The maximum Gasteiger partial charge on any atom is 0.407 e. The van der Waals surface area contributed by atoms with E-state index in [1.165, 1.54) is 6.92 Å². The van der Waals surface area contributed by atoms with Crippen LogP contribution in [0.2, 0.25) is 0 Å². The number of aliphatic carboxylic acids is 1. The van der Waals surface area contributed by atoms with Crippen LogP contribution >= 0.6 is 0 Å². The molecule has 0 fully saturated rings. The fraction of sp³-hybridized carbons (Fsp3) is 0.400. The Morgan fingerprint density at radius 1 is 1.00 bits per heavy atom. The van der Waals surface area contributed by atoms with Gasteiger partial charge in [0.25, 0.3) is 0 Å². The van der Waals surface area contributed by atoms with Crippen molar-refractivity contribution in [1.82, 2.24) is 10.6 Å². The molecule has 3 rings (SSSR count). The van der Waals surface area contributed by atoms with Crippen LogP contribution in [0.15, 0.2) is 48.5 Å². The Labute approximate surface area is 193 Å². The molecule has 0 bridgehead atoms. The number of fused-ring (bicyclic) bond motifs is 3. The summed E-state index contributed by atoms with van der Waals surface area (Å²) in [5.41, 5.74) is 4.48. The van der Waals surface area contributed by atoms with Gasteiger partial charge in [-0.15, -0.1) is 0 Å². The molecule has 1 aliphatic rings. The maximum atomic E-state index is 12.5. The number of carbonyl (C=O) groups excluding carboxylic acids is 2. The number of carboxylic acids is 1. The molecule has 8 nitrogen and oxygen atoms in total. The van der Waals surface area contributed by atoms with Gasteiger partial charge >= 0.3 is 12.1 Å². The second-order valence-corrected chi connectivity index (χ2v) is 8.28. The lowest BCUT2D eigenvalue weighted by atomic mass is 9.98. The number of nitrogens with one attached hydrogen (secondary N) is 2. The van der Waals surface area contributed by atoms with Gasteiger partial charge in [0.05, 0.1) is 6.10 Å². The normalized spacial score (nSPS) is 15.0. The molecule has 8 heteroatoms. The van der Waals surface area contributed by atoms with Crippen LogP contribution in [0.25, 0.3) is 11.1 Å². The van der Waals surface area contributed by atoms with E-state index in [4.69, 9.17) is 9.84 Å². The van der Waals surface area contributed by atoms with Gasteiger partial charge in [0.15, 0.2) is 6.04 Å². The van der Waals surface area contributed by atoms with Crippen LogP contribution in [-0.2, 0) is 14.3 Å². The van der Waals surface area contributed by atoms with E-state index >= 15 is 0 Å². The third-order valence-electron chi connectivity index (χ3n) is 5.80. The molecule has 0 spiro atoms. The molecule has 0 unspecified atom stereocenters. The van der Waals surface area contributed by atoms with Crippen molar-refractivity contribution in [3.8, 4) is 11.1 Å². The van der Waals surface area contributed by atoms with E-state index in [0.29, 0.717) is 12.8 Å². The van der Waals surface area contributed by atoms with Gasteiger partial charge in [0.2, 0.25) is 5.91 Å². The second-order valence-electron chi connectivity index (χ2n) is 8.28. The lowest BCUT2D eigenvalue weighted by Crippen LogP contribution is -2.49. The highest BCUT2D eigenvalue weighted by atomic mass is 16.5. The van der Waals surface area contributed by atoms with E-state index in [-0.39, 0.29) is 18.9 Å². The number of alkyl carbamates (subject to hydrolysis) is 1. The highest BCUT2D eigenvalue weighted by molar-refractivity contribution is 5.84. The standard InChI is InChI=1S/C25H30N2O6/c1-3-8-16(13-22(29)27-23(15(2)28)24(30)31)26-25(32)33-14-21-19-11-6-4-9-17(19)18-10-5-7-12-20(18)21/h4-7,9-12,15-16,21,23,28H,3,8,13-14H2,1-2H3,(H,26,32)(H,27,29)(H,30,31)/t15-,16-,23+/m1/s1. The van der Waals surface area contributed by atoms with Crippen LogP contribution in [0.3, 0.4) is 0 Å². The quantitative estimate of drug-likeness (QED) is 0.437. The minimum absolute atomic E-state index is 0.0709. The summed E-state index contributed by atoms with van der Waals surface area (Å²) in [6, 6.07) is 14.2. The summed E-state index contributed by atoms with van der Waals surface area (Å²) in [6.45, 7) is 3.37. The minimum atomic E-state index is -1.41. The van der Waals surface area contributed by atoms with E-state index in [9.17, 15) is 19.5 Å². The summed E-state index contributed by atoms with van der Waals surface area (Å²) in [5, 5.41) is 23.7. The van der Waals surface area contributed by atoms with Crippen LogP contribution in [0.4, 0.5) is 4.79 Å². The largest absolute Gasteiger partial charge is 0.480 e. The van der Waals surface area contributed by atoms with Gasteiger partial charge in [-0.25, -0.2) is 9.59 Å². The Kier molecular flexibility index (Phi) is 8.06. The van der Waals surface area contributed by atoms with Crippen LogP contribution in [-0.4, -0.2) is 53.0 Å². The SMILES string of the molecule is CCC[C@H](CC(=O)N[C@H](C(=O)O)[C@@H](C)O)NC(=O)OCC1c2ccccc2-c2ccccc21. The number of aliphatic hydroxyl groups is 1. The summed E-state index contributed by atoms with van der Waals surface area (Å²) in [4.78, 5) is 36.0. The van der Waals surface area contributed by atoms with Crippen LogP contribution < -0.4 is 10.6 Å². The zero-order chi connectivity index (χ0) is 24.0. The molecular formula is C25H30N2O6. The zero-order valence-electron chi connectivity index (χ0n) is 18.8. The first kappa shape index (κ1) is 24.3.